The molecule has 2 N–H and O–H groups in total. The lowest BCUT2D eigenvalue weighted by molar-refractivity contribution is 0.466. The van der Waals surface area contributed by atoms with Gasteiger partial charge in [0.2, 0.25) is 0 Å². The number of benzene rings is 2. The summed E-state index contributed by atoms with van der Waals surface area (Å²) in [6.45, 7) is 4.75. The second-order valence-corrected chi connectivity index (χ2v) is 8.14. The summed E-state index contributed by atoms with van der Waals surface area (Å²) in [4.78, 5) is 7.04. The van der Waals surface area contributed by atoms with Crippen molar-refractivity contribution >= 4 is 11.6 Å². The minimum absolute atomic E-state index is 0.204. The first-order valence-corrected chi connectivity index (χ1v) is 11.0. The summed E-state index contributed by atoms with van der Waals surface area (Å²) < 4.78 is 15.7. The molecule has 1 aliphatic rings. The first kappa shape index (κ1) is 21.8. The van der Waals surface area contributed by atoms with E-state index in [0.717, 1.165) is 54.8 Å². The molecule has 0 bridgehead atoms. The molecule has 2 aromatic carbocycles. The van der Waals surface area contributed by atoms with Crippen molar-refractivity contribution < 1.29 is 4.39 Å². The van der Waals surface area contributed by atoms with Gasteiger partial charge in [0.05, 0.1) is 13.1 Å². The summed E-state index contributed by atoms with van der Waals surface area (Å²) in [5.74, 6) is 2.25. The molecule has 2 heterocycles. The highest BCUT2D eigenvalue weighted by molar-refractivity contribution is 5.80. The van der Waals surface area contributed by atoms with E-state index in [4.69, 9.17) is 4.99 Å². The molecule has 1 saturated heterocycles. The summed E-state index contributed by atoms with van der Waals surface area (Å²) in [5.41, 5.74) is 2.06. The third-order valence-electron chi connectivity index (χ3n) is 5.79. The zero-order valence-corrected chi connectivity index (χ0v) is 18.6. The van der Waals surface area contributed by atoms with Crippen molar-refractivity contribution in [1.29, 1.82) is 0 Å². The first-order valence-electron chi connectivity index (χ1n) is 11.0. The van der Waals surface area contributed by atoms with Crippen molar-refractivity contribution in [2.24, 2.45) is 12.0 Å². The van der Waals surface area contributed by atoms with Crippen LogP contribution in [0, 0.1) is 12.7 Å². The van der Waals surface area contributed by atoms with Crippen LogP contribution in [0.25, 0.3) is 0 Å². The zero-order chi connectivity index (χ0) is 22.3. The Balaban J connectivity index is 1.45. The molecule has 1 fully saturated rings. The van der Waals surface area contributed by atoms with E-state index in [2.05, 4.69) is 37.9 Å². The lowest BCUT2D eigenvalue weighted by atomic mass is 10.0. The van der Waals surface area contributed by atoms with Gasteiger partial charge < -0.3 is 20.1 Å². The maximum absolute atomic E-state index is 13.7. The van der Waals surface area contributed by atoms with E-state index in [0.29, 0.717) is 13.1 Å². The number of aryl methyl sites for hydroxylation is 1. The summed E-state index contributed by atoms with van der Waals surface area (Å²) >= 11 is 0. The van der Waals surface area contributed by atoms with Crippen LogP contribution in [0.4, 0.5) is 10.1 Å². The number of nitrogens with one attached hydrogen (secondary N) is 2. The second kappa shape index (κ2) is 10.3. The molecule has 32 heavy (non-hydrogen) atoms. The fourth-order valence-corrected chi connectivity index (χ4v) is 3.87. The molecule has 3 aromatic rings. The van der Waals surface area contributed by atoms with E-state index in [-0.39, 0.29) is 11.9 Å². The molecule has 0 aliphatic carbocycles. The molecule has 1 unspecified atom stereocenters. The average Bonchev–Trinajstić information content (AvgIpc) is 3.14. The van der Waals surface area contributed by atoms with Crippen LogP contribution in [-0.4, -0.2) is 39.9 Å². The molecular formula is C24H30FN7. The van der Waals surface area contributed by atoms with E-state index in [1.54, 1.807) is 12.1 Å². The lowest BCUT2D eigenvalue weighted by Gasteiger charge is -2.35. The number of nitrogens with zero attached hydrogens (tertiary/aromatic N) is 5. The van der Waals surface area contributed by atoms with Crippen molar-refractivity contribution in [1.82, 2.24) is 25.4 Å². The molecule has 0 saturated carbocycles. The van der Waals surface area contributed by atoms with Crippen molar-refractivity contribution in [2.45, 2.75) is 38.9 Å². The minimum atomic E-state index is -0.205. The van der Waals surface area contributed by atoms with Gasteiger partial charge >= 0.3 is 0 Å². The number of aliphatic imine (C=N–C) groups is 1. The Morgan fingerprint density at radius 1 is 1.16 bits per heavy atom. The van der Waals surface area contributed by atoms with Crippen LogP contribution < -0.4 is 15.5 Å². The van der Waals surface area contributed by atoms with Gasteiger partial charge in [-0.2, -0.15) is 0 Å². The van der Waals surface area contributed by atoms with Gasteiger partial charge in [0.1, 0.15) is 11.6 Å². The number of anilines is 1. The van der Waals surface area contributed by atoms with Crippen LogP contribution in [0.15, 0.2) is 59.6 Å². The Hall–Kier alpha value is -3.42. The minimum Gasteiger partial charge on any atom is -0.369 e. The van der Waals surface area contributed by atoms with E-state index in [9.17, 15) is 4.39 Å². The predicted molar refractivity (Wildman–Crippen MR) is 125 cm³/mol. The Bertz CT molecular complexity index is 1050. The molecule has 1 aliphatic heterocycles. The number of halogens is 1. The van der Waals surface area contributed by atoms with Gasteiger partial charge in [0.15, 0.2) is 11.8 Å². The van der Waals surface area contributed by atoms with Crippen molar-refractivity contribution in [3.05, 3.63) is 77.6 Å². The predicted octanol–water partition coefficient (Wildman–Crippen LogP) is 3.17. The topological polar surface area (TPSA) is 70.4 Å². The van der Waals surface area contributed by atoms with E-state index in [1.807, 2.05) is 42.8 Å². The van der Waals surface area contributed by atoms with Crippen LogP contribution >= 0.6 is 0 Å². The highest BCUT2D eigenvalue weighted by Crippen LogP contribution is 2.20. The first-order chi connectivity index (χ1) is 15.6. The van der Waals surface area contributed by atoms with Crippen molar-refractivity contribution in [3.8, 4) is 0 Å². The molecule has 0 spiro atoms. The molecule has 8 heteroatoms. The monoisotopic (exact) mass is 435 g/mol. The van der Waals surface area contributed by atoms with E-state index >= 15 is 0 Å². The van der Waals surface area contributed by atoms with Crippen LogP contribution in [0.5, 0.6) is 0 Å². The van der Waals surface area contributed by atoms with E-state index in [1.165, 1.54) is 6.07 Å². The largest absolute Gasteiger partial charge is 0.369 e. The van der Waals surface area contributed by atoms with Gasteiger partial charge in [-0.25, -0.2) is 9.38 Å². The Kier molecular flexibility index (Phi) is 6.99. The lowest BCUT2D eigenvalue weighted by Crippen LogP contribution is -2.51. The third-order valence-corrected chi connectivity index (χ3v) is 5.79. The molecule has 0 radical (unpaired) electrons. The third kappa shape index (κ3) is 5.63. The van der Waals surface area contributed by atoms with Crippen molar-refractivity contribution in [2.75, 3.05) is 18.0 Å². The Morgan fingerprint density at radius 2 is 2.00 bits per heavy atom. The fourth-order valence-electron chi connectivity index (χ4n) is 3.87. The molecule has 4 rings (SSSR count). The summed E-state index contributed by atoms with van der Waals surface area (Å²) in [5, 5.41) is 15.4. The van der Waals surface area contributed by atoms with Gasteiger partial charge in [0.25, 0.3) is 0 Å². The van der Waals surface area contributed by atoms with E-state index < -0.39 is 0 Å². The highest BCUT2D eigenvalue weighted by Gasteiger charge is 2.21. The number of guanidine groups is 1. The van der Waals surface area contributed by atoms with Crippen molar-refractivity contribution in [3.63, 3.8) is 0 Å². The Morgan fingerprint density at radius 3 is 2.75 bits per heavy atom. The van der Waals surface area contributed by atoms with Crippen LogP contribution in [0.3, 0.4) is 0 Å². The summed E-state index contributed by atoms with van der Waals surface area (Å²) in [6, 6.07) is 17.2. The van der Waals surface area contributed by atoms with Crippen LogP contribution in [0.1, 0.15) is 30.1 Å². The molecule has 1 atom stereocenters. The maximum atomic E-state index is 13.7. The van der Waals surface area contributed by atoms with Gasteiger partial charge in [-0.3, -0.25) is 0 Å². The molecule has 1 aromatic heterocycles. The van der Waals surface area contributed by atoms with Crippen LogP contribution in [-0.2, 0) is 20.1 Å². The quantitative estimate of drug-likeness (QED) is 0.460. The maximum Gasteiger partial charge on any atom is 0.192 e. The van der Waals surface area contributed by atoms with Gasteiger partial charge in [-0.15, -0.1) is 10.2 Å². The smallest absolute Gasteiger partial charge is 0.192 e. The zero-order valence-electron chi connectivity index (χ0n) is 18.6. The number of hydrogen-bond donors (Lipinski definition) is 2. The molecule has 0 amide bonds. The second-order valence-electron chi connectivity index (χ2n) is 8.14. The number of rotatable bonds is 6. The SMILES string of the molecule is Cc1nnc(CNC(=NCc2ccccc2)NC2CCCN(c3cccc(F)c3)C2)n1C. The highest BCUT2D eigenvalue weighted by atomic mass is 19.1. The summed E-state index contributed by atoms with van der Waals surface area (Å²) in [6.07, 6.45) is 2.06. The normalized spacial score (nSPS) is 16.8. The fraction of sp³-hybridized carbons (Fsp3) is 0.375. The standard InChI is InChI=1S/C24H30FN7/c1-18-29-30-23(31(18)2)16-27-24(26-15-19-8-4-3-5-9-19)28-21-11-7-13-32(17-21)22-12-6-10-20(25)14-22/h3-6,8-10,12,14,21H,7,11,13,15-17H2,1-2H3,(H2,26,27,28). The van der Waals surface area contributed by atoms with Crippen LogP contribution in [0.2, 0.25) is 0 Å². The number of hydrogen-bond acceptors (Lipinski definition) is 4. The van der Waals surface area contributed by atoms with Gasteiger partial charge in [-0.1, -0.05) is 36.4 Å². The van der Waals surface area contributed by atoms with Gasteiger partial charge in [0, 0.05) is 31.9 Å². The molecule has 7 nitrogen and oxygen atoms in total. The number of aromatic nitrogens is 3. The van der Waals surface area contributed by atoms with Gasteiger partial charge in [-0.05, 0) is 43.5 Å². The average molecular weight is 436 g/mol. The summed E-state index contributed by atoms with van der Waals surface area (Å²) in [7, 11) is 1.96. The molecular weight excluding hydrogens is 405 g/mol. The number of piperidine rings is 1. The molecule has 168 valence electrons. The Labute approximate surface area is 188 Å².